The molecule has 0 bridgehead atoms. The molecule has 1 aromatic heterocycles. The van der Waals surface area contributed by atoms with E-state index in [1.807, 2.05) is 13.0 Å². The van der Waals surface area contributed by atoms with Crippen LogP contribution in [-0.2, 0) is 11.3 Å². The van der Waals surface area contributed by atoms with Crippen molar-refractivity contribution in [3.05, 3.63) is 49.5 Å². The van der Waals surface area contributed by atoms with E-state index in [1.165, 1.54) is 0 Å². The molecule has 0 aliphatic carbocycles. The van der Waals surface area contributed by atoms with Crippen molar-refractivity contribution in [1.29, 1.82) is 5.26 Å². The summed E-state index contributed by atoms with van der Waals surface area (Å²) in [6, 6.07) is 7.37. The van der Waals surface area contributed by atoms with Crippen LogP contribution in [0.5, 0.6) is 5.75 Å². The number of aromatic nitrogens is 1. The van der Waals surface area contributed by atoms with E-state index in [1.54, 1.807) is 25.5 Å². The number of rotatable bonds is 5. The quantitative estimate of drug-likeness (QED) is 0.525. The highest BCUT2D eigenvalue weighted by Gasteiger charge is 2.11. The van der Waals surface area contributed by atoms with Gasteiger partial charge in [-0.3, -0.25) is 5.43 Å². The van der Waals surface area contributed by atoms with Crippen LogP contribution in [0.25, 0.3) is 0 Å². The minimum atomic E-state index is 0.122. The van der Waals surface area contributed by atoms with Gasteiger partial charge in [0.2, 0.25) is 0 Å². The molecule has 0 saturated heterocycles. The number of benzene rings is 1. The predicted octanol–water partition coefficient (Wildman–Crippen LogP) is 4.08. The van der Waals surface area contributed by atoms with Gasteiger partial charge in [-0.1, -0.05) is 0 Å². The van der Waals surface area contributed by atoms with Crippen molar-refractivity contribution in [2.75, 3.05) is 12.5 Å². The highest BCUT2D eigenvalue weighted by molar-refractivity contribution is 9.11. The number of nitrogens with one attached hydrogen (secondary N) is 1. The minimum Gasteiger partial charge on any atom is -0.506 e. The van der Waals surface area contributed by atoms with Gasteiger partial charge in [0, 0.05) is 18.4 Å². The first kappa shape index (κ1) is 18.4. The van der Waals surface area contributed by atoms with Gasteiger partial charge in [0.1, 0.15) is 17.4 Å². The van der Waals surface area contributed by atoms with Crippen molar-refractivity contribution in [1.82, 2.24) is 4.98 Å². The van der Waals surface area contributed by atoms with Crippen LogP contribution in [0.4, 0.5) is 5.82 Å². The highest BCUT2D eigenvalue weighted by atomic mass is 79.9. The van der Waals surface area contributed by atoms with Gasteiger partial charge in [-0.2, -0.15) is 10.4 Å². The molecule has 0 unspecified atom stereocenters. The number of halogens is 2. The number of hydrogen-bond donors (Lipinski definition) is 2. The molecule has 8 heteroatoms. The molecule has 0 aliphatic rings. The monoisotopic (exact) mass is 452 g/mol. The smallest absolute Gasteiger partial charge is 0.164 e. The zero-order valence-electron chi connectivity index (χ0n) is 13.0. The van der Waals surface area contributed by atoms with Crippen molar-refractivity contribution in [3.63, 3.8) is 0 Å². The van der Waals surface area contributed by atoms with Gasteiger partial charge in [-0.25, -0.2) is 4.98 Å². The summed E-state index contributed by atoms with van der Waals surface area (Å²) in [6.07, 6.45) is 1.57. The summed E-state index contributed by atoms with van der Waals surface area (Å²) in [5, 5.41) is 23.2. The Morgan fingerprint density at radius 1 is 1.38 bits per heavy atom. The van der Waals surface area contributed by atoms with Gasteiger partial charge < -0.3 is 9.84 Å². The third-order valence-corrected chi connectivity index (χ3v) is 4.27. The van der Waals surface area contributed by atoms with E-state index in [9.17, 15) is 10.4 Å². The van der Waals surface area contributed by atoms with Crippen LogP contribution in [0.15, 0.2) is 32.2 Å². The summed E-state index contributed by atoms with van der Waals surface area (Å²) in [5.74, 6) is 0.495. The average Bonchev–Trinajstić information content (AvgIpc) is 2.52. The second kappa shape index (κ2) is 8.24. The Hall–Kier alpha value is -1.95. The standard InChI is InChI=1S/C16H14Br2N4O2/c1-9-3-11(8-24-2)12(6-19)16(21-9)22-20-7-10-4-13(17)15(23)14(18)5-10/h3-5,7,23H,8H2,1-2H3,(H,21,22)/b20-7-. The lowest BCUT2D eigenvalue weighted by Gasteiger charge is -2.09. The lowest BCUT2D eigenvalue weighted by atomic mass is 10.1. The molecule has 0 radical (unpaired) electrons. The van der Waals surface area contributed by atoms with Crippen molar-refractivity contribution >= 4 is 43.9 Å². The first-order valence-electron chi connectivity index (χ1n) is 6.83. The fourth-order valence-corrected chi connectivity index (χ4v) is 3.27. The van der Waals surface area contributed by atoms with Gasteiger partial charge in [0.05, 0.1) is 21.8 Å². The third-order valence-electron chi connectivity index (χ3n) is 3.06. The number of nitrogens with zero attached hydrogens (tertiary/aromatic N) is 3. The fourth-order valence-electron chi connectivity index (χ4n) is 2.04. The third kappa shape index (κ3) is 4.32. The molecule has 2 N–H and O–H groups in total. The summed E-state index contributed by atoms with van der Waals surface area (Å²) in [6.45, 7) is 2.16. The van der Waals surface area contributed by atoms with Crippen molar-refractivity contribution in [3.8, 4) is 11.8 Å². The van der Waals surface area contributed by atoms with Gasteiger partial charge in [-0.15, -0.1) is 0 Å². The Bertz CT molecular complexity index is 809. The zero-order valence-corrected chi connectivity index (χ0v) is 16.1. The van der Waals surface area contributed by atoms with Crippen LogP contribution in [0.1, 0.15) is 22.4 Å². The van der Waals surface area contributed by atoms with Crippen LogP contribution in [0, 0.1) is 18.3 Å². The molecule has 0 saturated carbocycles. The maximum Gasteiger partial charge on any atom is 0.164 e. The summed E-state index contributed by atoms with van der Waals surface area (Å²) in [4.78, 5) is 4.31. The number of pyridine rings is 1. The topological polar surface area (TPSA) is 90.5 Å². The van der Waals surface area contributed by atoms with E-state index in [2.05, 4.69) is 53.4 Å². The Labute approximate surface area is 156 Å². The molecule has 2 aromatic rings. The normalized spacial score (nSPS) is 10.8. The molecule has 6 nitrogen and oxygen atoms in total. The van der Waals surface area contributed by atoms with Crippen LogP contribution in [0.2, 0.25) is 0 Å². The van der Waals surface area contributed by atoms with Gasteiger partial charge in [0.25, 0.3) is 0 Å². The van der Waals surface area contributed by atoms with Crippen LogP contribution >= 0.6 is 31.9 Å². The Morgan fingerprint density at radius 2 is 2.04 bits per heavy atom. The van der Waals surface area contributed by atoms with Crippen molar-refractivity contribution < 1.29 is 9.84 Å². The molecule has 124 valence electrons. The molecule has 0 fully saturated rings. The average molecular weight is 454 g/mol. The number of methoxy groups -OCH3 is 1. The van der Waals surface area contributed by atoms with Crippen LogP contribution in [-0.4, -0.2) is 23.4 Å². The van der Waals surface area contributed by atoms with E-state index in [0.717, 1.165) is 16.8 Å². The van der Waals surface area contributed by atoms with E-state index in [-0.39, 0.29) is 5.75 Å². The maximum absolute atomic E-state index is 9.70. The summed E-state index contributed by atoms with van der Waals surface area (Å²) in [7, 11) is 1.57. The fraction of sp³-hybridized carbons (Fsp3) is 0.188. The molecule has 0 atom stereocenters. The number of ether oxygens (including phenoxy) is 1. The largest absolute Gasteiger partial charge is 0.506 e. The van der Waals surface area contributed by atoms with E-state index in [0.29, 0.717) is 26.9 Å². The van der Waals surface area contributed by atoms with Crippen molar-refractivity contribution in [2.24, 2.45) is 5.10 Å². The summed E-state index contributed by atoms with van der Waals surface area (Å²) < 4.78 is 6.21. The number of aryl methyl sites for hydroxylation is 1. The highest BCUT2D eigenvalue weighted by Crippen LogP contribution is 2.32. The molecule has 0 spiro atoms. The van der Waals surface area contributed by atoms with Gasteiger partial charge in [-0.05, 0) is 62.5 Å². The van der Waals surface area contributed by atoms with E-state index >= 15 is 0 Å². The Morgan fingerprint density at radius 3 is 2.62 bits per heavy atom. The maximum atomic E-state index is 9.70. The second-order valence-electron chi connectivity index (χ2n) is 4.89. The molecule has 1 aromatic carbocycles. The molecule has 0 amide bonds. The predicted molar refractivity (Wildman–Crippen MR) is 99.1 cm³/mol. The van der Waals surface area contributed by atoms with Crippen LogP contribution in [0.3, 0.4) is 0 Å². The number of nitriles is 1. The molecular formula is C16H14Br2N4O2. The van der Waals surface area contributed by atoms with Gasteiger partial charge in [0.15, 0.2) is 5.82 Å². The first-order valence-corrected chi connectivity index (χ1v) is 8.41. The number of anilines is 1. The van der Waals surface area contributed by atoms with Gasteiger partial charge >= 0.3 is 0 Å². The Balaban J connectivity index is 2.27. The molecule has 0 aliphatic heterocycles. The Kier molecular flexibility index (Phi) is 6.31. The van der Waals surface area contributed by atoms with E-state index < -0.39 is 0 Å². The molecular weight excluding hydrogens is 440 g/mol. The number of hydrogen-bond acceptors (Lipinski definition) is 6. The molecule has 2 rings (SSSR count). The summed E-state index contributed by atoms with van der Waals surface area (Å²) in [5.41, 5.74) is 5.45. The lowest BCUT2D eigenvalue weighted by Crippen LogP contribution is -2.03. The number of phenolic OH excluding ortho intramolecular Hbond substituents is 1. The van der Waals surface area contributed by atoms with E-state index in [4.69, 9.17) is 4.74 Å². The first-order chi connectivity index (χ1) is 11.5. The number of hydrazone groups is 1. The molecule has 24 heavy (non-hydrogen) atoms. The minimum absolute atomic E-state index is 0.122. The number of aromatic hydroxyl groups is 1. The van der Waals surface area contributed by atoms with Crippen molar-refractivity contribution in [2.45, 2.75) is 13.5 Å². The SMILES string of the molecule is COCc1cc(C)nc(N/N=C\c2cc(Br)c(O)c(Br)c2)c1C#N. The summed E-state index contributed by atoms with van der Waals surface area (Å²) >= 11 is 6.52. The number of phenols is 1. The second-order valence-corrected chi connectivity index (χ2v) is 6.60. The molecule has 1 heterocycles. The van der Waals surface area contributed by atoms with Crippen LogP contribution < -0.4 is 5.43 Å². The lowest BCUT2D eigenvalue weighted by molar-refractivity contribution is 0.184. The zero-order chi connectivity index (χ0) is 17.7.